The molecule has 0 aliphatic rings. The molecule has 5 nitrogen and oxygen atoms in total. The molecule has 35 heavy (non-hydrogen) atoms. The first-order valence-corrected chi connectivity index (χ1v) is 12.7. The number of benzene rings is 3. The van der Waals surface area contributed by atoms with Gasteiger partial charge in [-0.05, 0) is 60.7 Å². The molecule has 184 valence electrons. The number of carbonyl (C=O) groups is 2. The predicted octanol–water partition coefficient (Wildman–Crippen LogP) is 5.61. The Hall–Kier alpha value is -3.12. The summed E-state index contributed by atoms with van der Waals surface area (Å²) in [6.07, 6.45) is 1.24. The van der Waals surface area contributed by atoms with E-state index in [0.29, 0.717) is 25.3 Å². The molecule has 3 rings (SSSR count). The van der Waals surface area contributed by atoms with Crippen molar-refractivity contribution < 1.29 is 14.3 Å². The lowest BCUT2D eigenvalue weighted by atomic mass is 10.0. The van der Waals surface area contributed by atoms with Crippen LogP contribution in [0.3, 0.4) is 0 Å². The number of rotatable bonds is 11. The smallest absolute Gasteiger partial charge is 0.261 e. The van der Waals surface area contributed by atoms with E-state index < -0.39 is 6.04 Å². The Kier molecular flexibility index (Phi) is 9.91. The van der Waals surface area contributed by atoms with E-state index in [1.54, 1.807) is 4.90 Å². The van der Waals surface area contributed by atoms with Crippen LogP contribution in [0.25, 0.3) is 0 Å². The summed E-state index contributed by atoms with van der Waals surface area (Å²) in [5, 5.41) is 2.99. The van der Waals surface area contributed by atoms with Crippen molar-refractivity contribution >= 4 is 27.7 Å². The van der Waals surface area contributed by atoms with Gasteiger partial charge in [-0.15, -0.1) is 0 Å². The van der Waals surface area contributed by atoms with Crippen LogP contribution in [0.2, 0.25) is 0 Å². The normalized spacial score (nSPS) is 11.5. The number of hydrogen-bond donors (Lipinski definition) is 1. The Morgan fingerprint density at radius 2 is 1.66 bits per heavy atom. The third-order valence-electron chi connectivity index (χ3n) is 5.99. The topological polar surface area (TPSA) is 58.6 Å². The third-order valence-corrected chi connectivity index (χ3v) is 6.52. The lowest BCUT2D eigenvalue weighted by molar-refractivity contribution is -0.142. The van der Waals surface area contributed by atoms with Gasteiger partial charge in [0.1, 0.15) is 11.8 Å². The van der Waals surface area contributed by atoms with E-state index in [9.17, 15) is 9.59 Å². The first-order chi connectivity index (χ1) is 16.9. The van der Waals surface area contributed by atoms with E-state index in [4.69, 9.17) is 4.74 Å². The molecule has 0 spiro atoms. The van der Waals surface area contributed by atoms with Gasteiger partial charge in [0, 0.05) is 24.0 Å². The van der Waals surface area contributed by atoms with Crippen molar-refractivity contribution in [2.45, 2.75) is 46.2 Å². The van der Waals surface area contributed by atoms with Gasteiger partial charge in [0.25, 0.3) is 5.91 Å². The van der Waals surface area contributed by atoms with Crippen LogP contribution >= 0.6 is 15.9 Å². The van der Waals surface area contributed by atoms with Crippen LogP contribution in [0, 0.1) is 13.8 Å². The van der Waals surface area contributed by atoms with E-state index in [1.807, 2.05) is 93.6 Å². The van der Waals surface area contributed by atoms with Crippen LogP contribution < -0.4 is 10.1 Å². The van der Waals surface area contributed by atoms with Gasteiger partial charge in [0.2, 0.25) is 5.91 Å². The molecular weight excluding hydrogens is 504 g/mol. The molecule has 0 bridgehead atoms. The number of hydrogen-bond acceptors (Lipinski definition) is 3. The first-order valence-electron chi connectivity index (χ1n) is 11.9. The quantitative estimate of drug-likeness (QED) is 0.346. The van der Waals surface area contributed by atoms with Crippen LogP contribution in [-0.2, 0) is 22.6 Å². The molecule has 0 saturated heterocycles. The van der Waals surface area contributed by atoms with Crippen LogP contribution in [0.15, 0.2) is 77.3 Å². The average molecular weight is 537 g/mol. The molecule has 0 heterocycles. The summed E-state index contributed by atoms with van der Waals surface area (Å²) < 4.78 is 6.91. The van der Waals surface area contributed by atoms with Gasteiger partial charge in [-0.2, -0.15) is 0 Å². The number of ether oxygens (including phenoxy) is 1. The Labute approximate surface area is 216 Å². The molecule has 3 aromatic carbocycles. The van der Waals surface area contributed by atoms with Crippen LogP contribution in [-0.4, -0.2) is 35.9 Å². The van der Waals surface area contributed by atoms with Crippen molar-refractivity contribution in [3.8, 4) is 5.75 Å². The average Bonchev–Trinajstić information content (AvgIpc) is 2.87. The van der Waals surface area contributed by atoms with Gasteiger partial charge < -0.3 is 15.0 Å². The molecule has 1 N–H and O–H groups in total. The largest absolute Gasteiger partial charge is 0.483 e. The maximum absolute atomic E-state index is 13.6. The number of carbonyl (C=O) groups excluding carboxylic acids is 2. The Bertz CT molecular complexity index is 1120. The van der Waals surface area contributed by atoms with Crippen LogP contribution in [0.4, 0.5) is 0 Å². The molecule has 0 aliphatic carbocycles. The molecule has 0 aromatic heterocycles. The van der Waals surface area contributed by atoms with Crippen molar-refractivity contribution in [3.63, 3.8) is 0 Å². The molecule has 0 fully saturated rings. The van der Waals surface area contributed by atoms with Crippen molar-refractivity contribution in [2.24, 2.45) is 0 Å². The minimum atomic E-state index is -0.665. The summed E-state index contributed by atoms with van der Waals surface area (Å²) in [6, 6.07) is 22.7. The first kappa shape index (κ1) is 26.5. The zero-order chi connectivity index (χ0) is 25.2. The van der Waals surface area contributed by atoms with Crippen molar-refractivity contribution in [3.05, 3.63) is 99.5 Å². The molecule has 0 unspecified atom stereocenters. The Morgan fingerprint density at radius 3 is 2.34 bits per heavy atom. The Balaban J connectivity index is 1.90. The Morgan fingerprint density at radius 1 is 0.943 bits per heavy atom. The predicted molar refractivity (Wildman–Crippen MR) is 143 cm³/mol. The molecule has 0 radical (unpaired) electrons. The molecule has 1 atom stereocenters. The second kappa shape index (κ2) is 13.1. The fraction of sp³-hybridized carbons (Fsp3) is 0.310. The molecule has 3 aromatic rings. The summed E-state index contributed by atoms with van der Waals surface area (Å²) in [6.45, 7) is 6.72. The molecule has 6 heteroatoms. The number of amides is 2. The summed E-state index contributed by atoms with van der Waals surface area (Å²) in [5.41, 5.74) is 4.03. The molecule has 0 saturated carbocycles. The highest BCUT2D eigenvalue weighted by Crippen LogP contribution is 2.22. The fourth-order valence-corrected chi connectivity index (χ4v) is 4.07. The van der Waals surface area contributed by atoms with Crippen LogP contribution in [0.5, 0.6) is 5.75 Å². The standard InChI is InChI=1S/C29H33BrN2O3/c1-4-17-31-29(34)26(18-23-10-6-5-7-11-23)32(19-24-13-15-25(30)16-14-24)28(33)20-35-27-12-8-9-21(2)22(27)3/h5-16,26H,4,17-20H2,1-3H3,(H,31,34)/t26-/m0/s1. The van der Waals surface area contributed by atoms with Gasteiger partial charge in [-0.25, -0.2) is 0 Å². The minimum absolute atomic E-state index is 0.146. The number of aryl methyl sites for hydroxylation is 1. The maximum Gasteiger partial charge on any atom is 0.261 e. The highest BCUT2D eigenvalue weighted by molar-refractivity contribution is 9.10. The highest BCUT2D eigenvalue weighted by atomic mass is 79.9. The lowest BCUT2D eigenvalue weighted by Gasteiger charge is -2.31. The van der Waals surface area contributed by atoms with Crippen molar-refractivity contribution in [1.82, 2.24) is 10.2 Å². The second-order valence-corrected chi connectivity index (χ2v) is 9.55. The van der Waals surface area contributed by atoms with Crippen LogP contribution in [0.1, 0.15) is 35.6 Å². The van der Waals surface area contributed by atoms with Gasteiger partial charge >= 0.3 is 0 Å². The van der Waals surface area contributed by atoms with E-state index in [-0.39, 0.29) is 18.4 Å². The van der Waals surface area contributed by atoms with Gasteiger partial charge in [0.05, 0.1) is 0 Å². The zero-order valence-corrected chi connectivity index (χ0v) is 22.2. The highest BCUT2D eigenvalue weighted by Gasteiger charge is 2.30. The maximum atomic E-state index is 13.6. The summed E-state index contributed by atoms with van der Waals surface area (Å²) in [4.78, 5) is 28.6. The number of halogens is 1. The fourth-order valence-electron chi connectivity index (χ4n) is 3.81. The monoisotopic (exact) mass is 536 g/mol. The summed E-state index contributed by atoms with van der Waals surface area (Å²) in [5.74, 6) is 0.284. The lowest BCUT2D eigenvalue weighted by Crippen LogP contribution is -2.51. The zero-order valence-electron chi connectivity index (χ0n) is 20.6. The number of nitrogens with one attached hydrogen (secondary N) is 1. The molecular formula is C29H33BrN2O3. The second-order valence-electron chi connectivity index (χ2n) is 8.63. The third kappa shape index (κ3) is 7.69. The van der Waals surface area contributed by atoms with Gasteiger partial charge in [-0.1, -0.05) is 77.5 Å². The summed E-state index contributed by atoms with van der Waals surface area (Å²) >= 11 is 3.46. The van der Waals surface area contributed by atoms with E-state index >= 15 is 0 Å². The van der Waals surface area contributed by atoms with Gasteiger partial charge in [0.15, 0.2) is 6.61 Å². The van der Waals surface area contributed by atoms with E-state index in [0.717, 1.165) is 33.1 Å². The van der Waals surface area contributed by atoms with Crippen molar-refractivity contribution in [2.75, 3.05) is 13.2 Å². The summed E-state index contributed by atoms with van der Waals surface area (Å²) in [7, 11) is 0. The minimum Gasteiger partial charge on any atom is -0.483 e. The van der Waals surface area contributed by atoms with E-state index in [2.05, 4.69) is 21.2 Å². The molecule has 0 aliphatic heterocycles. The SMILES string of the molecule is CCCNC(=O)[C@H](Cc1ccccc1)N(Cc1ccc(Br)cc1)C(=O)COc1cccc(C)c1C. The van der Waals surface area contributed by atoms with Crippen molar-refractivity contribution in [1.29, 1.82) is 0 Å². The number of nitrogens with zero attached hydrogens (tertiary/aromatic N) is 1. The molecule has 2 amide bonds. The van der Waals surface area contributed by atoms with Gasteiger partial charge in [-0.3, -0.25) is 9.59 Å². The van der Waals surface area contributed by atoms with E-state index in [1.165, 1.54) is 0 Å².